The van der Waals surface area contributed by atoms with Crippen LogP contribution in [0, 0.1) is 0 Å². The summed E-state index contributed by atoms with van der Waals surface area (Å²) in [6.45, 7) is 4.32. The van der Waals surface area contributed by atoms with Crippen LogP contribution >= 0.6 is 0 Å². The van der Waals surface area contributed by atoms with Gasteiger partial charge in [0.25, 0.3) is 0 Å². The molecule has 0 aromatic carbocycles. The average molecular weight is 248 g/mol. The van der Waals surface area contributed by atoms with Gasteiger partial charge in [-0.25, -0.2) is 0 Å². The van der Waals surface area contributed by atoms with Gasteiger partial charge in [0.05, 0.1) is 0 Å². The van der Waals surface area contributed by atoms with Crippen molar-refractivity contribution in [2.45, 2.75) is 52.1 Å². The van der Waals surface area contributed by atoms with E-state index in [1.807, 2.05) is 30.8 Å². The molecule has 0 bridgehead atoms. The number of amides is 1. The van der Waals surface area contributed by atoms with Crippen LogP contribution < -0.4 is 5.32 Å². The molecule has 1 aromatic heterocycles. The number of ketones is 1. The molecule has 1 aromatic rings. The summed E-state index contributed by atoms with van der Waals surface area (Å²) in [6, 6.07) is 0.198. The molecule has 0 radical (unpaired) electrons. The zero-order valence-corrected chi connectivity index (χ0v) is 11.0. The Hall–Kier alpha value is -1.58. The molecule has 1 aliphatic rings. The van der Waals surface area contributed by atoms with Gasteiger partial charge in [0.2, 0.25) is 5.91 Å². The molecule has 1 atom stereocenters. The molecule has 4 heteroatoms. The van der Waals surface area contributed by atoms with Gasteiger partial charge in [0, 0.05) is 30.4 Å². The van der Waals surface area contributed by atoms with E-state index in [0.717, 1.165) is 30.4 Å². The summed E-state index contributed by atoms with van der Waals surface area (Å²) in [5, 5.41) is 2.92. The standard InChI is InChI=1S/C14H20N2O2/c1-3-10(2)15-14(18)9-16-7-11-5-4-6-13(17)12(11)8-16/h7-8,10H,3-6,9H2,1-2H3,(H,15,18). The fourth-order valence-corrected chi connectivity index (χ4v) is 2.26. The second kappa shape index (κ2) is 5.38. The monoisotopic (exact) mass is 248 g/mol. The minimum Gasteiger partial charge on any atom is -0.352 e. The molecule has 2 rings (SSSR count). The largest absolute Gasteiger partial charge is 0.352 e. The molecule has 1 unspecified atom stereocenters. The minimum absolute atomic E-state index is 0.00384. The first kappa shape index (κ1) is 12.9. The Bertz CT molecular complexity index is 462. The van der Waals surface area contributed by atoms with Gasteiger partial charge in [-0.15, -0.1) is 0 Å². The lowest BCUT2D eigenvalue weighted by atomic mass is 9.95. The zero-order valence-electron chi connectivity index (χ0n) is 11.0. The van der Waals surface area contributed by atoms with Crippen molar-refractivity contribution < 1.29 is 9.59 Å². The van der Waals surface area contributed by atoms with Crippen LogP contribution in [0.1, 0.15) is 49.0 Å². The number of nitrogens with one attached hydrogen (secondary N) is 1. The van der Waals surface area contributed by atoms with Crippen molar-refractivity contribution in [1.82, 2.24) is 9.88 Å². The van der Waals surface area contributed by atoms with E-state index >= 15 is 0 Å². The maximum absolute atomic E-state index is 11.8. The Balaban J connectivity index is 2.02. The highest BCUT2D eigenvalue weighted by Gasteiger charge is 2.19. The van der Waals surface area contributed by atoms with Crippen LogP contribution in [0.3, 0.4) is 0 Å². The van der Waals surface area contributed by atoms with E-state index < -0.39 is 0 Å². The number of aromatic nitrogens is 1. The number of fused-ring (bicyclic) bond motifs is 1. The third-order valence-corrected chi connectivity index (χ3v) is 3.46. The Labute approximate surface area is 107 Å². The zero-order chi connectivity index (χ0) is 13.1. The van der Waals surface area contributed by atoms with Crippen molar-refractivity contribution in [3.63, 3.8) is 0 Å². The summed E-state index contributed by atoms with van der Waals surface area (Å²) >= 11 is 0. The van der Waals surface area contributed by atoms with Crippen molar-refractivity contribution in [2.75, 3.05) is 0 Å². The van der Waals surface area contributed by atoms with Crippen LogP contribution in [0.15, 0.2) is 12.4 Å². The first-order valence-electron chi connectivity index (χ1n) is 6.61. The van der Waals surface area contributed by atoms with E-state index in [4.69, 9.17) is 0 Å². The SMILES string of the molecule is CCC(C)NC(=O)Cn1cc2c(c1)C(=O)CCC2. The highest BCUT2D eigenvalue weighted by Crippen LogP contribution is 2.21. The number of aryl methyl sites for hydroxylation is 1. The number of carbonyl (C=O) groups is 2. The van der Waals surface area contributed by atoms with Gasteiger partial charge in [0.15, 0.2) is 5.78 Å². The average Bonchev–Trinajstić information content (AvgIpc) is 2.72. The third-order valence-electron chi connectivity index (χ3n) is 3.46. The molecule has 1 aliphatic carbocycles. The summed E-state index contributed by atoms with van der Waals surface area (Å²) in [5.41, 5.74) is 1.89. The predicted octanol–water partition coefficient (Wildman–Crippen LogP) is 1.92. The topological polar surface area (TPSA) is 51.1 Å². The van der Waals surface area contributed by atoms with E-state index in [-0.39, 0.29) is 17.7 Å². The maximum atomic E-state index is 11.8. The van der Waals surface area contributed by atoms with Gasteiger partial charge < -0.3 is 9.88 Å². The van der Waals surface area contributed by atoms with Crippen molar-refractivity contribution in [1.29, 1.82) is 0 Å². The Morgan fingerprint density at radius 1 is 1.44 bits per heavy atom. The van der Waals surface area contributed by atoms with Gasteiger partial charge in [-0.05, 0) is 31.7 Å². The molecule has 0 spiro atoms. The van der Waals surface area contributed by atoms with Crippen LogP contribution in [-0.2, 0) is 17.8 Å². The van der Waals surface area contributed by atoms with E-state index in [1.165, 1.54) is 0 Å². The second-order valence-electron chi connectivity index (χ2n) is 5.02. The third kappa shape index (κ3) is 2.81. The molecule has 1 heterocycles. The summed E-state index contributed by atoms with van der Waals surface area (Å²) in [7, 11) is 0. The number of nitrogens with zero attached hydrogens (tertiary/aromatic N) is 1. The van der Waals surface area contributed by atoms with Crippen LogP contribution in [0.25, 0.3) is 0 Å². The van der Waals surface area contributed by atoms with E-state index in [1.54, 1.807) is 0 Å². The highest BCUT2D eigenvalue weighted by molar-refractivity contribution is 5.98. The molecule has 98 valence electrons. The normalized spacial score (nSPS) is 16.2. The molecule has 1 amide bonds. The smallest absolute Gasteiger partial charge is 0.240 e. The lowest BCUT2D eigenvalue weighted by molar-refractivity contribution is -0.122. The van der Waals surface area contributed by atoms with Crippen molar-refractivity contribution in [3.8, 4) is 0 Å². The Morgan fingerprint density at radius 3 is 2.89 bits per heavy atom. The molecule has 0 saturated heterocycles. The van der Waals surface area contributed by atoms with E-state index in [2.05, 4.69) is 5.32 Å². The number of hydrogen-bond donors (Lipinski definition) is 1. The number of hydrogen-bond acceptors (Lipinski definition) is 2. The summed E-state index contributed by atoms with van der Waals surface area (Å²) in [4.78, 5) is 23.5. The Morgan fingerprint density at radius 2 is 2.22 bits per heavy atom. The molecule has 18 heavy (non-hydrogen) atoms. The molecule has 1 N–H and O–H groups in total. The van der Waals surface area contributed by atoms with Crippen LogP contribution in [-0.4, -0.2) is 22.3 Å². The number of rotatable bonds is 4. The van der Waals surface area contributed by atoms with Crippen molar-refractivity contribution in [2.24, 2.45) is 0 Å². The van der Waals surface area contributed by atoms with Crippen LogP contribution in [0.5, 0.6) is 0 Å². The minimum atomic E-state index is 0.00384. The van der Waals surface area contributed by atoms with E-state index in [9.17, 15) is 9.59 Å². The van der Waals surface area contributed by atoms with Gasteiger partial charge >= 0.3 is 0 Å². The van der Waals surface area contributed by atoms with Gasteiger partial charge in [-0.2, -0.15) is 0 Å². The number of carbonyl (C=O) groups excluding carboxylic acids is 2. The summed E-state index contributed by atoms with van der Waals surface area (Å²) in [5.74, 6) is 0.210. The van der Waals surface area contributed by atoms with Gasteiger partial charge in [-0.3, -0.25) is 9.59 Å². The first-order chi connectivity index (χ1) is 8.60. The summed E-state index contributed by atoms with van der Waals surface area (Å²) < 4.78 is 1.82. The quantitative estimate of drug-likeness (QED) is 0.885. The fourth-order valence-electron chi connectivity index (χ4n) is 2.26. The summed E-state index contributed by atoms with van der Waals surface area (Å²) in [6.07, 6.45) is 7.17. The van der Waals surface area contributed by atoms with Crippen molar-refractivity contribution >= 4 is 11.7 Å². The van der Waals surface area contributed by atoms with E-state index in [0.29, 0.717) is 13.0 Å². The highest BCUT2D eigenvalue weighted by atomic mass is 16.2. The predicted molar refractivity (Wildman–Crippen MR) is 69.6 cm³/mol. The molecule has 0 fully saturated rings. The van der Waals surface area contributed by atoms with Gasteiger partial charge in [0.1, 0.15) is 6.54 Å². The first-order valence-corrected chi connectivity index (χ1v) is 6.61. The fraction of sp³-hybridized carbons (Fsp3) is 0.571. The van der Waals surface area contributed by atoms with Crippen molar-refractivity contribution in [3.05, 3.63) is 23.5 Å². The molecular weight excluding hydrogens is 228 g/mol. The molecule has 0 aliphatic heterocycles. The molecule has 4 nitrogen and oxygen atoms in total. The second-order valence-corrected chi connectivity index (χ2v) is 5.02. The molecule has 0 saturated carbocycles. The van der Waals surface area contributed by atoms with Crippen LogP contribution in [0.2, 0.25) is 0 Å². The van der Waals surface area contributed by atoms with Gasteiger partial charge in [-0.1, -0.05) is 6.92 Å². The molecular formula is C14H20N2O2. The lowest BCUT2D eigenvalue weighted by Crippen LogP contribution is -2.34. The Kier molecular flexibility index (Phi) is 3.84. The van der Waals surface area contributed by atoms with Crippen LogP contribution in [0.4, 0.5) is 0 Å². The maximum Gasteiger partial charge on any atom is 0.240 e. The lowest BCUT2D eigenvalue weighted by Gasteiger charge is -2.11. The number of Topliss-reactive ketones (excluding diaryl/α,β-unsaturated/α-hetero) is 1.